The van der Waals surface area contributed by atoms with Crippen molar-refractivity contribution in [2.75, 3.05) is 24.8 Å². The molecule has 1 unspecified atom stereocenters. The van der Waals surface area contributed by atoms with Crippen LogP contribution in [0.3, 0.4) is 0 Å². The third-order valence-electron chi connectivity index (χ3n) is 5.93. The Morgan fingerprint density at radius 1 is 1.38 bits per heavy atom. The molecule has 3 heterocycles. The fourth-order valence-electron chi connectivity index (χ4n) is 4.01. The summed E-state index contributed by atoms with van der Waals surface area (Å²) in [5.74, 6) is 0. The predicted octanol–water partition coefficient (Wildman–Crippen LogP) is 6.83. The van der Waals surface area contributed by atoms with Crippen LogP contribution < -0.4 is 4.90 Å². The summed E-state index contributed by atoms with van der Waals surface area (Å²) >= 11 is 12.9. The van der Waals surface area contributed by atoms with E-state index in [1.165, 1.54) is 4.90 Å². The topological polar surface area (TPSA) is 92.6 Å². The number of hydrogen-bond acceptors (Lipinski definition) is 4. The van der Waals surface area contributed by atoms with E-state index in [0.717, 1.165) is 43.0 Å². The third kappa shape index (κ3) is 5.44. The standard InChI is InChI=1S/C23H30Cl2N4O4Si/c1-34(2,3)9-8-32-14-28(23(30)31)18-10-17(24)21(25)22-20(18)16(12-26-22)15-11-27-29(13-15)19-6-4-5-7-33-19/h10-13,19,26H,4-9,14H2,1-3H3,(H,30,31). The second kappa shape index (κ2) is 10.3. The first-order chi connectivity index (χ1) is 16.2. The van der Waals surface area contributed by atoms with Crippen molar-refractivity contribution in [1.29, 1.82) is 0 Å². The molecule has 0 spiro atoms. The number of ether oxygens (including phenoxy) is 2. The van der Waals surface area contributed by atoms with Crippen LogP contribution in [0.5, 0.6) is 0 Å². The van der Waals surface area contributed by atoms with Gasteiger partial charge in [-0.3, -0.25) is 4.90 Å². The Kier molecular flexibility index (Phi) is 7.59. The molecular formula is C23H30Cl2N4O4Si. The Balaban J connectivity index is 1.71. The van der Waals surface area contributed by atoms with Gasteiger partial charge in [0.15, 0.2) is 0 Å². The Hall–Kier alpha value is -2.04. The van der Waals surface area contributed by atoms with Crippen molar-refractivity contribution in [1.82, 2.24) is 14.8 Å². The van der Waals surface area contributed by atoms with E-state index in [0.29, 0.717) is 28.2 Å². The average molecular weight is 526 g/mol. The minimum absolute atomic E-state index is 0.0968. The number of H-pyrrole nitrogens is 1. The van der Waals surface area contributed by atoms with Crippen LogP contribution in [-0.4, -0.2) is 54.0 Å². The van der Waals surface area contributed by atoms with Crippen LogP contribution in [0.25, 0.3) is 22.0 Å². The highest BCUT2D eigenvalue weighted by Crippen LogP contribution is 2.43. The summed E-state index contributed by atoms with van der Waals surface area (Å²) in [6, 6.07) is 2.52. The molecule has 1 amide bonds. The van der Waals surface area contributed by atoms with Gasteiger partial charge in [0.1, 0.15) is 13.0 Å². The van der Waals surface area contributed by atoms with Crippen LogP contribution in [0.15, 0.2) is 24.7 Å². The lowest BCUT2D eigenvalue weighted by molar-refractivity contribution is -0.0394. The van der Waals surface area contributed by atoms with E-state index < -0.39 is 14.2 Å². The number of benzene rings is 1. The highest BCUT2D eigenvalue weighted by molar-refractivity contribution is 6.76. The maximum absolute atomic E-state index is 12.2. The van der Waals surface area contributed by atoms with Gasteiger partial charge >= 0.3 is 6.09 Å². The lowest BCUT2D eigenvalue weighted by Gasteiger charge is -2.23. The van der Waals surface area contributed by atoms with Gasteiger partial charge in [-0.15, -0.1) is 0 Å². The number of aromatic amines is 1. The predicted molar refractivity (Wildman–Crippen MR) is 138 cm³/mol. The molecule has 0 radical (unpaired) electrons. The molecule has 0 saturated carbocycles. The largest absolute Gasteiger partial charge is 0.465 e. The normalized spacial score (nSPS) is 16.8. The van der Waals surface area contributed by atoms with Gasteiger partial charge in [-0.05, 0) is 31.4 Å². The van der Waals surface area contributed by atoms with E-state index in [1.807, 2.05) is 10.9 Å². The summed E-state index contributed by atoms with van der Waals surface area (Å²) in [4.78, 5) is 16.6. The number of fused-ring (bicyclic) bond motifs is 1. The van der Waals surface area contributed by atoms with E-state index in [-0.39, 0.29) is 18.0 Å². The number of carbonyl (C=O) groups is 1. The quantitative estimate of drug-likeness (QED) is 0.191. The smallest absolute Gasteiger partial charge is 0.413 e. The van der Waals surface area contributed by atoms with E-state index >= 15 is 0 Å². The van der Waals surface area contributed by atoms with Crippen LogP contribution >= 0.6 is 23.2 Å². The first kappa shape index (κ1) is 25.1. The SMILES string of the molecule is C[Si](C)(C)CCOCN(C(=O)O)c1cc(Cl)c(Cl)c2[nH]cc(-c3cnn(C4CCCCO4)c3)c12. The van der Waals surface area contributed by atoms with Crippen molar-refractivity contribution in [3.05, 3.63) is 34.7 Å². The van der Waals surface area contributed by atoms with E-state index in [2.05, 4.69) is 29.7 Å². The van der Waals surface area contributed by atoms with Crippen molar-refractivity contribution in [2.45, 2.75) is 51.2 Å². The van der Waals surface area contributed by atoms with Crippen molar-refractivity contribution in [2.24, 2.45) is 0 Å². The molecule has 1 fully saturated rings. The Labute approximate surface area is 209 Å². The Bertz CT molecular complexity index is 1170. The number of carboxylic acid groups (broad SMARTS) is 1. The van der Waals surface area contributed by atoms with Crippen LogP contribution in [0.4, 0.5) is 10.5 Å². The first-order valence-electron chi connectivity index (χ1n) is 11.4. The molecule has 184 valence electrons. The van der Waals surface area contributed by atoms with Gasteiger partial charge in [0.05, 0.1) is 27.4 Å². The second-order valence-corrected chi connectivity index (χ2v) is 16.1. The van der Waals surface area contributed by atoms with Gasteiger partial charge in [0, 0.05) is 50.2 Å². The third-order valence-corrected chi connectivity index (χ3v) is 8.42. The first-order valence-corrected chi connectivity index (χ1v) is 15.9. The van der Waals surface area contributed by atoms with E-state index in [9.17, 15) is 9.90 Å². The Morgan fingerprint density at radius 2 is 2.18 bits per heavy atom. The van der Waals surface area contributed by atoms with Crippen LogP contribution in [-0.2, 0) is 9.47 Å². The van der Waals surface area contributed by atoms with Gasteiger partial charge in [0.2, 0.25) is 0 Å². The molecule has 8 nitrogen and oxygen atoms in total. The highest BCUT2D eigenvalue weighted by Gasteiger charge is 2.25. The average Bonchev–Trinajstić information content (AvgIpc) is 3.44. The van der Waals surface area contributed by atoms with E-state index in [1.54, 1.807) is 18.5 Å². The van der Waals surface area contributed by atoms with Crippen molar-refractivity contribution in [3.8, 4) is 11.1 Å². The summed E-state index contributed by atoms with van der Waals surface area (Å²) in [5, 5.41) is 15.8. The summed E-state index contributed by atoms with van der Waals surface area (Å²) in [6.45, 7) is 7.86. The molecule has 1 atom stereocenters. The molecule has 11 heteroatoms. The minimum Gasteiger partial charge on any atom is -0.465 e. The number of nitrogens with zero attached hydrogens (tertiary/aromatic N) is 3. The molecular weight excluding hydrogens is 495 g/mol. The number of nitrogens with one attached hydrogen (secondary N) is 1. The fraction of sp³-hybridized carbons (Fsp3) is 0.478. The molecule has 3 aromatic rings. The monoisotopic (exact) mass is 524 g/mol. The number of aromatic nitrogens is 3. The number of anilines is 1. The second-order valence-electron chi connectivity index (χ2n) is 9.73. The molecule has 0 aliphatic carbocycles. The van der Waals surface area contributed by atoms with Crippen molar-refractivity contribution < 1.29 is 19.4 Å². The van der Waals surface area contributed by atoms with Crippen LogP contribution in [0.1, 0.15) is 25.5 Å². The molecule has 1 aliphatic heterocycles. The fourth-order valence-corrected chi connectivity index (χ4v) is 5.17. The molecule has 1 aliphatic rings. The number of hydrogen-bond donors (Lipinski definition) is 2. The number of amides is 1. The molecule has 2 aromatic heterocycles. The molecule has 34 heavy (non-hydrogen) atoms. The minimum atomic E-state index is -1.30. The van der Waals surface area contributed by atoms with E-state index in [4.69, 9.17) is 32.7 Å². The van der Waals surface area contributed by atoms with Gasteiger partial charge in [-0.25, -0.2) is 9.48 Å². The molecule has 0 bridgehead atoms. The number of rotatable bonds is 8. The van der Waals surface area contributed by atoms with Crippen molar-refractivity contribution >= 4 is 54.0 Å². The molecule has 2 N–H and O–H groups in total. The molecule has 1 saturated heterocycles. The van der Waals surface area contributed by atoms with Gasteiger partial charge in [-0.1, -0.05) is 42.8 Å². The zero-order valence-corrected chi connectivity index (χ0v) is 22.1. The lowest BCUT2D eigenvalue weighted by atomic mass is 10.1. The Morgan fingerprint density at radius 3 is 2.85 bits per heavy atom. The maximum atomic E-state index is 12.2. The summed E-state index contributed by atoms with van der Waals surface area (Å²) in [6.07, 6.45) is 7.29. The van der Waals surface area contributed by atoms with Gasteiger partial charge in [-0.2, -0.15) is 5.10 Å². The summed E-state index contributed by atoms with van der Waals surface area (Å²) < 4.78 is 13.4. The maximum Gasteiger partial charge on any atom is 0.413 e. The summed E-state index contributed by atoms with van der Waals surface area (Å²) in [7, 11) is -1.30. The molecule has 4 rings (SSSR count). The zero-order chi connectivity index (χ0) is 24.5. The molecule has 1 aromatic carbocycles. The lowest BCUT2D eigenvalue weighted by Crippen LogP contribution is -2.33. The zero-order valence-electron chi connectivity index (χ0n) is 19.6. The summed E-state index contributed by atoms with van der Waals surface area (Å²) in [5.41, 5.74) is 2.57. The van der Waals surface area contributed by atoms with Crippen LogP contribution in [0.2, 0.25) is 35.7 Å². The highest BCUT2D eigenvalue weighted by atomic mass is 35.5. The van der Waals surface area contributed by atoms with Crippen molar-refractivity contribution in [3.63, 3.8) is 0 Å². The van der Waals surface area contributed by atoms with Gasteiger partial charge < -0.3 is 19.6 Å². The number of halogens is 2. The van der Waals surface area contributed by atoms with Gasteiger partial charge in [0.25, 0.3) is 0 Å². The van der Waals surface area contributed by atoms with Crippen LogP contribution in [0, 0.1) is 0 Å².